The van der Waals surface area contributed by atoms with Crippen LogP contribution in [0.4, 0.5) is 4.39 Å². The second-order valence-electron chi connectivity index (χ2n) is 5.56. The van der Waals surface area contributed by atoms with Crippen LogP contribution in [0.5, 0.6) is 0 Å². The second-order valence-corrected chi connectivity index (χ2v) is 7.67. The molecule has 1 heterocycles. The molecule has 0 radical (unpaired) electrons. The Bertz CT molecular complexity index is 1000. The number of hydrogen-bond acceptors (Lipinski definition) is 4. The quantitative estimate of drug-likeness (QED) is 0.694. The highest BCUT2D eigenvalue weighted by atomic mass is 32.2. The lowest BCUT2D eigenvalue weighted by Crippen LogP contribution is -2.29. The summed E-state index contributed by atoms with van der Waals surface area (Å²) in [6.07, 6.45) is 0. The number of nitrogens with zero attached hydrogens (tertiary/aromatic N) is 1. The molecule has 0 aliphatic carbocycles. The van der Waals surface area contributed by atoms with Crippen molar-refractivity contribution in [3.8, 4) is 11.3 Å². The molecular weight excluding hydrogens is 357 g/mol. The lowest BCUT2D eigenvalue weighted by atomic mass is 10.1. The van der Waals surface area contributed by atoms with Gasteiger partial charge in [-0.3, -0.25) is 9.89 Å². The molecule has 0 aliphatic heterocycles. The fourth-order valence-corrected chi connectivity index (χ4v) is 3.52. The number of H-pyrrole nitrogens is 1. The maximum Gasteiger partial charge on any atom is 0.269 e. The van der Waals surface area contributed by atoms with Crippen molar-refractivity contribution < 1.29 is 17.6 Å². The number of nitrogens with one attached hydrogen (secondary N) is 2. The number of carbonyl (C=O) groups excluding carboxylic acids is 1. The first-order chi connectivity index (χ1) is 12.5. The van der Waals surface area contributed by atoms with Gasteiger partial charge in [-0.05, 0) is 42.5 Å². The number of halogens is 1. The van der Waals surface area contributed by atoms with Gasteiger partial charge >= 0.3 is 0 Å². The third kappa shape index (κ3) is 4.15. The van der Waals surface area contributed by atoms with Gasteiger partial charge in [-0.2, -0.15) is 5.10 Å². The van der Waals surface area contributed by atoms with E-state index in [9.17, 15) is 17.6 Å². The summed E-state index contributed by atoms with van der Waals surface area (Å²) < 4.78 is 37.3. The van der Waals surface area contributed by atoms with E-state index in [0.717, 1.165) is 0 Å². The molecular formula is C18H16FN3O3S. The Labute approximate surface area is 150 Å². The SMILES string of the molecule is O=C(NCCS(=O)(=O)c1ccccc1)c1cc(-c2ccc(F)cc2)n[nH]1. The average Bonchev–Trinajstić information content (AvgIpc) is 3.13. The van der Waals surface area contributed by atoms with Crippen LogP contribution >= 0.6 is 0 Å². The molecule has 26 heavy (non-hydrogen) atoms. The summed E-state index contributed by atoms with van der Waals surface area (Å²) in [4.78, 5) is 12.3. The number of hydrogen-bond donors (Lipinski definition) is 2. The first-order valence-corrected chi connectivity index (χ1v) is 9.48. The van der Waals surface area contributed by atoms with E-state index in [1.54, 1.807) is 30.3 Å². The van der Waals surface area contributed by atoms with Crippen molar-refractivity contribution >= 4 is 15.7 Å². The normalized spacial score (nSPS) is 11.3. The van der Waals surface area contributed by atoms with Crippen molar-refractivity contribution in [2.75, 3.05) is 12.3 Å². The minimum Gasteiger partial charge on any atom is -0.350 e. The van der Waals surface area contributed by atoms with Crippen molar-refractivity contribution in [2.24, 2.45) is 0 Å². The van der Waals surface area contributed by atoms with E-state index in [4.69, 9.17) is 0 Å². The Balaban J connectivity index is 1.60. The van der Waals surface area contributed by atoms with Gasteiger partial charge in [0.1, 0.15) is 11.5 Å². The largest absolute Gasteiger partial charge is 0.350 e. The molecule has 2 aromatic carbocycles. The third-order valence-corrected chi connectivity index (χ3v) is 5.45. The molecule has 0 saturated heterocycles. The van der Waals surface area contributed by atoms with Crippen LogP contribution in [0.3, 0.4) is 0 Å². The molecule has 8 heteroatoms. The molecule has 6 nitrogen and oxygen atoms in total. The van der Waals surface area contributed by atoms with E-state index >= 15 is 0 Å². The van der Waals surface area contributed by atoms with Crippen LogP contribution in [-0.2, 0) is 9.84 Å². The van der Waals surface area contributed by atoms with Crippen LogP contribution in [0, 0.1) is 5.82 Å². The highest BCUT2D eigenvalue weighted by molar-refractivity contribution is 7.91. The molecule has 3 aromatic rings. The highest BCUT2D eigenvalue weighted by Gasteiger charge is 2.15. The summed E-state index contributed by atoms with van der Waals surface area (Å²) in [5.41, 5.74) is 1.35. The molecule has 0 fully saturated rings. The van der Waals surface area contributed by atoms with E-state index in [1.165, 1.54) is 30.3 Å². The topological polar surface area (TPSA) is 91.9 Å². The van der Waals surface area contributed by atoms with E-state index < -0.39 is 15.7 Å². The van der Waals surface area contributed by atoms with Gasteiger partial charge in [-0.15, -0.1) is 0 Å². The standard InChI is InChI=1S/C18H16FN3O3S/c19-14-8-6-13(7-9-14)16-12-17(22-21-16)18(23)20-10-11-26(24,25)15-4-2-1-3-5-15/h1-9,12H,10-11H2,(H,20,23)(H,21,22). The van der Waals surface area contributed by atoms with Crippen LogP contribution < -0.4 is 5.32 Å². The fraction of sp³-hybridized carbons (Fsp3) is 0.111. The molecule has 3 rings (SSSR count). The fourth-order valence-electron chi connectivity index (χ4n) is 2.35. The number of aromatic nitrogens is 2. The van der Waals surface area contributed by atoms with Gasteiger partial charge in [0, 0.05) is 12.1 Å². The molecule has 0 spiro atoms. The Morgan fingerprint density at radius 1 is 1.08 bits per heavy atom. The molecule has 0 atom stereocenters. The van der Waals surface area contributed by atoms with Crippen LogP contribution in [0.2, 0.25) is 0 Å². The number of rotatable bonds is 6. The number of sulfone groups is 1. The van der Waals surface area contributed by atoms with E-state index in [-0.39, 0.29) is 28.7 Å². The molecule has 0 bridgehead atoms. The van der Waals surface area contributed by atoms with Crippen molar-refractivity contribution in [1.29, 1.82) is 0 Å². The van der Waals surface area contributed by atoms with E-state index in [1.807, 2.05) is 0 Å². The van der Waals surface area contributed by atoms with Gasteiger partial charge in [0.2, 0.25) is 0 Å². The molecule has 0 aliphatic rings. The van der Waals surface area contributed by atoms with Crippen LogP contribution in [-0.4, -0.2) is 36.8 Å². The molecule has 1 aromatic heterocycles. The Morgan fingerprint density at radius 3 is 2.46 bits per heavy atom. The average molecular weight is 373 g/mol. The smallest absolute Gasteiger partial charge is 0.269 e. The number of aromatic amines is 1. The van der Waals surface area contributed by atoms with Gasteiger partial charge in [-0.25, -0.2) is 12.8 Å². The number of benzene rings is 2. The maximum absolute atomic E-state index is 13.0. The summed E-state index contributed by atoms with van der Waals surface area (Å²) in [5.74, 6) is -1.03. The van der Waals surface area contributed by atoms with Gasteiger partial charge in [0.25, 0.3) is 5.91 Å². The van der Waals surface area contributed by atoms with Gasteiger partial charge in [0.15, 0.2) is 9.84 Å². The van der Waals surface area contributed by atoms with Gasteiger partial charge in [0.05, 0.1) is 16.3 Å². The van der Waals surface area contributed by atoms with Gasteiger partial charge < -0.3 is 5.32 Å². The Kier molecular flexibility index (Phi) is 5.13. The molecule has 1 amide bonds. The van der Waals surface area contributed by atoms with Crippen LogP contribution in [0.15, 0.2) is 65.6 Å². The Morgan fingerprint density at radius 2 is 1.77 bits per heavy atom. The van der Waals surface area contributed by atoms with E-state index in [2.05, 4.69) is 15.5 Å². The molecule has 2 N–H and O–H groups in total. The first-order valence-electron chi connectivity index (χ1n) is 7.83. The zero-order chi connectivity index (χ0) is 18.6. The lowest BCUT2D eigenvalue weighted by Gasteiger charge is -2.05. The molecule has 0 saturated carbocycles. The van der Waals surface area contributed by atoms with Gasteiger partial charge in [-0.1, -0.05) is 18.2 Å². The van der Waals surface area contributed by atoms with Crippen molar-refractivity contribution in [3.05, 3.63) is 72.2 Å². The highest BCUT2D eigenvalue weighted by Crippen LogP contribution is 2.18. The number of amides is 1. The minimum absolute atomic E-state index is 0.0268. The summed E-state index contributed by atoms with van der Waals surface area (Å²) in [6.45, 7) is -0.0268. The summed E-state index contributed by atoms with van der Waals surface area (Å²) in [7, 11) is -3.46. The summed E-state index contributed by atoms with van der Waals surface area (Å²) in [6, 6.07) is 15.3. The van der Waals surface area contributed by atoms with Crippen molar-refractivity contribution in [3.63, 3.8) is 0 Å². The second kappa shape index (κ2) is 7.49. The monoisotopic (exact) mass is 373 g/mol. The van der Waals surface area contributed by atoms with Crippen molar-refractivity contribution in [1.82, 2.24) is 15.5 Å². The van der Waals surface area contributed by atoms with Crippen molar-refractivity contribution in [2.45, 2.75) is 4.90 Å². The zero-order valence-electron chi connectivity index (χ0n) is 13.6. The lowest BCUT2D eigenvalue weighted by molar-refractivity contribution is 0.0951. The molecule has 134 valence electrons. The summed E-state index contributed by atoms with van der Waals surface area (Å²) in [5, 5.41) is 9.16. The third-order valence-electron chi connectivity index (χ3n) is 3.72. The van der Waals surface area contributed by atoms with Crippen LogP contribution in [0.25, 0.3) is 11.3 Å². The molecule has 0 unspecified atom stereocenters. The summed E-state index contributed by atoms with van der Waals surface area (Å²) >= 11 is 0. The first kappa shape index (κ1) is 17.8. The predicted molar refractivity (Wildman–Crippen MR) is 94.8 cm³/mol. The minimum atomic E-state index is -3.46. The predicted octanol–water partition coefficient (Wildman–Crippen LogP) is 2.42. The maximum atomic E-state index is 13.0. The Hall–Kier alpha value is -3.00. The van der Waals surface area contributed by atoms with E-state index in [0.29, 0.717) is 11.3 Å². The zero-order valence-corrected chi connectivity index (χ0v) is 14.5. The van der Waals surface area contributed by atoms with Crippen LogP contribution in [0.1, 0.15) is 10.5 Å². The number of carbonyl (C=O) groups is 1.